The van der Waals surface area contributed by atoms with Crippen molar-refractivity contribution in [3.63, 3.8) is 0 Å². The topological polar surface area (TPSA) is 38.7 Å². The number of aryl methyl sites for hydroxylation is 2. The summed E-state index contributed by atoms with van der Waals surface area (Å²) < 4.78 is 13.2. The molecule has 2 saturated carbocycles. The van der Waals surface area contributed by atoms with Crippen molar-refractivity contribution in [2.45, 2.75) is 84.0 Å². The highest BCUT2D eigenvalue weighted by molar-refractivity contribution is 5.39. The third-order valence-corrected chi connectivity index (χ3v) is 8.65. The fourth-order valence-electron chi connectivity index (χ4n) is 7.35. The summed E-state index contributed by atoms with van der Waals surface area (Å²) >= 11 is 0. The second kappa shape index (κ2) is 6.30. The van der Waals surface area contributed by atoms with Crippen molar-refractivity contribution < 1.29 is 14.6 Å². The van der Waals surface area contributed by atoms with Crippen LogP contribution in [-0.2, 0) is 15.9 Å². The molecular weight excluding hydrogens is 348 g/mol. The molecule has 1 aliphatic heterocycles. The summed E-state index contributed by atoms with van der Waals surface area (Å²) in [6.07, 6.45) is 6.01. The number of ether oxygens (including phenoxy) is 2. The summed E-state index contributed by atoms with van der Waals surface area (Å²) in [5.41, 5.74) is 4.23. The first kappa shape index (κ1) is 19.1. The van der Waals surface area contributed by atoms with Crippen molar-refractivity contribution in [1.82, 2.24) is 0 Å². The molecule has 3 heteroatoms. The number of benzene rings is 1. The smallest absolute Gasteiger partial charge is 0.174 e. The van der Waals surface area contributed by atoms with Crippen LogP contribution in [-0.4, -0.2) is 30.2 Å². The van der Waals surface area contributed by atoms with E-state index < -0.39 is 5.79 Å². The first-order valence-corrected chi connectivity index (χ1v) is 11.4. The van der Waals surface area contributed by atoms with Crippen LogP contribution in [0.25, 0.3) is 0 Å². The zero-order valence-corrected chi connectivity index (χ0v) is 18.0. The maximum atomic E-state index is 11.5. The molecule has 3 nitrogen and oxygen atoms in total. The number of fused-ring (bicyclic) bond motifs is 6. The minimum atomic E-state index is -0.485. The summed E-state index contributed by atoms with van der Waals surface area (Å²) in [4.78, 5) is 0. The molecule has 0 amide bonds. The van der Waals surface area contributed by atoms with Gasteiger partial charge in [-0.15, -0.1) is 0 Å². The van der Waals surface area contributed by atoms with E-state index in [1.165, 1.54) is 29.5 Å². The van der Waals surface area contributed by atoms with E-state index in [1.807, 2.05) is 0 Å². The Morgan fingerprint density at radius 2 is 1.89 bits per heavy atom. The van der Waals surface area contributed by atoms with Crippen LogP contribution >= 0.6 is 0 Å². The molecule has 154 valence electrons. The van der Waals surface area contributed by atoms with E-state index in [-0.39, 0.29) is 22.9 Å². The first-order chi connectivity index (χ1) is 13.3. The second-order valence-corrected chi connectivity index (χ2v) is 10.9. The van der Waals surface area contributed by atoms with Crippen LogP contribution in [0.3, 0.4) is 0 Å². The van der Waals surface area contributed by atoms with Crippen LogP contribution in [0.2, 0.25) is 0 Å². The highest BCUT2D eigenvalue weighted by Gasteiger charge is 2.68. The molecule has 28 heavy (non-hydrogen) atoms. The number of hydrogen-bond donors (Lipinski definition) is 1. The lowest BCUT2D eigenvalue weighted by Gasteiger charge is -2.58. The molecule has 1 spiro atoms. The van der Waals surface area contributed by atoms with Gasteiger partial charge in [0, 0.05) is 23.2 Å². The quantitative estimate of drug-likeness (QED) is 0.742. The molecule has 0 bridgehead atoms. The molecule has 4 aliphatic rings. The van der Waals surface area contributed by atoms with Gasteiger partial charge >= 0.3 is 0 Å². The van der Waals surface area contributed by atoms with E-state index in [2.05, 4.69) is 45.9 Å². The molecule has 1 N–H and O–H groups in total. The van der Waals surface area contributed by atoms with Gasteiger partial charge in [0.25, 0.3) is 0 Å². The minimum Gasteiger partial charge on any atom is -0.392 e. The van der Waals surface area contributed by atoms with Gasteiger partial charge in [0.15, 0.2) is 5.79 Å². The first-order valence-electron chi connectivity index (χ1n) is 11.4. The van der Waals surface area contributed by atoms with Crippen molar-refractivity contribution in [2.24, 2.45) is 22.7 Å². The fourth-order valence-corrected chi connectivity index (χ4v) is 7.35. The van der Waals surface area contributed by atoms with Gasteiger partial charge in [-0.1, -0.05) is 44.5 Å². The van der Waals surface area contributed by atoms with Crippen LogP contribution in [0.4, 0.5) is 0 Å². The molecule has 3 unspecified atom stereocenters. The molecule has 5 rings (SSSR count). The van der Waals surface area contributed by atoms with Gasteiger partial charge < -0.3 is 14.6 Å². The van der Waals surface area contributed by atoms with Crippen LogP contribution in [0.1, 0.15) is 75.5 Å². The number of aliphatic hydroxyl groups excluding tert-OH is 1. The molecule has 3 aliphatic carbocycles. The maximum absolute atomic E-state index is 11.5. The molecule has 1 aromatic carbocycles. The van der Waals surface area contributed by atoms with Crippen molar-refractivity contribution in [3.8, 4) is 0 Å². The predicted molar refractivity (Wildman–Crippen MR) is 110 cm³/mol. The zero-order chi connectivity index (χ0) is 19.7. The van der Waals surface area contributed by atoms with Gasteiger partial charge in [-0.05, 0) is 62.0 Å². The zero-order valence-electron chi connectivity index (χ0n) is 18.0. The van der Waals surface area contributed by atoms with E-state index in [9.17, 15) is 5.11 Å². The van der Waals surface area contributed by atoms with Gasteiger partial charge in [0.05, 0.1) is 19.3 Å². The molecule has 0 radical (unpaired) electrons. The number of rotatable bonds is 1. The third kappa shape index (κ3) is 2.52. The summed E-state index contributed by atoms with van der Waals surface area (Å²) in [5.74, 6) is 0.924. The SMILES string of the molecule is CC[C@]12C[C@@H](O)C3c4ccc(C)cc4CCC3C1CCC21OCC(C)(C)CO1. The van der Waals surface area contributed by atoms with Crippen molar-refractivity contribution in [1.29, 1.82) is 0 Å². The molecule has 1 aromatic rings. The average Bonchev–Trinajstić information content (AvgIpc) is 2.98. The Balaban J connectivity index is 1.52. The van der Waals surface area contributed by atoms with Crippen molar-refractivity contribution in [3.05, 3.63) is 34.9 Å². The maximum Gasteiger partial charge on any atom is 0.174 e. The molecule has 1 saturated heterocycles. The lowest BCUT2D eigenvalue weighted by atomic mass is 9.52. The van der Waals surface area contributed by atoms with E-state index in [0.29, 0.717) is 11.8 Å². The Bertz CT molecular complexity index is 759. The number of aliphatic hydroxyl groups is 1. The van der Waals surface area contributed by atoms with E-state index >= 15 is 0 Å². The van der Waals surface area contributed by atoms with Crippen LogP contribution in [0.15, 0.2) is 18.2 Å². The lowest BCUT2D eigenvalue weighted by molar-refractivity contribution is -0.353. The van der Waals surface area contributed by atoms with Gasteiger partial charge in [-0.2, -0.15) is 0 Å². The molecule has 1 heterocycles. The Kier molecular flexibility index (Phi) is 4.29. The highest BCUT2D eigenvalue weighted by atomic mass is 16.7. The van der Waals surface area contributed by atoms with E-state index in [1.54, 1.807) is 0 Å². The Morgan fingerprint density at radius 3 is 2.61 bits per heavy atom. The van der Waals surface area contributed by atoms with Crippen LogP contribution in [0, 0.1) is 29.6 Å². The van der Waals surface area contributed by atoms with E-state index in [0.717, 1.165) is 38.9 Å². The third-order valence-electron chi connectivity index (χ3n) is 8.65. The monoisotopic (exact) mass is 384 g/mol. The van der Waals surface area contributed by atoms with Crippen molar-refractivity contribution in [2.75, 3.05) is 13.2 Å². The second-order valence-electron chi connectivity index (χ2n) is 10.9. The Hall–Kier alpha value is -0.900. The van der Waals surface area contributed by atoms with Gasteiger partial charge in [-0.3, -0.25) is 0 Å². The van der Waals surface area contributed by atoms with Gasteiger partial charge in [-0.25, -0.2) is 0 Å². The standard InChI is InChI=1S/C25H36O3/c1-5-24-13-21(26)22-18-8-6-16(2)12-17(18)7-9-19(22)20(24)10-11-25(24)27-14-23(3,4)15-28-25/h6,8,12,19-22,26H,5,7,9-11,13-15H2,1-4H3/t19?,20?,21-,22?,24+/m1/s1. The normalized spacial score (nSPS) is 40.6. The minimum absolute atomic E-state index is 0.0493. The summed E-state index contributed by atoms with van der Waals surface area (Å²) in [6.45, 7) is 10.4. The average molecular weight is 385 g/mol. The summed E-state index contributed by atoms with van der Waals surface area (Å²) in [6, 6.07) is 6.86. The predicted octanol–water partition coefficient (Wildman–Crippen LogP) is 4.98. The molecule has 3 fully saturated rings. The van der Waals surface area contributed by atoms with Crippen LogP contribution < -0.4 is 0 Å². The highest BCUT2D eigenvalue weighted by Crippen LogP contribution is 2.67. The van der Waals surface area contributed by atoms with Gasteiger partial charge in [0.2, 0.25) is 0 Å². The Morgan fingerprint density at radius 1 is 1.14 bits per heavy atom. The Labute approximate surface area is 169 Å². The fraction of sp³-hybridized carbons (Fsp3) is 0.760. The summed E-state index contributed by atoms with van der Waals surface area (Å²) in [7, 11) is 0. The number of hydrogen-bond acceptors (Lipinski definition) is 3. The molecule has 5 atom stereocenters. The largest absolute Gasteiger partial charge is 0.392 e. The molecular formula is C25H36O3. The van der Waals surface area contributed by atoms with Gasteiger partial charge in [0.1, 0.15) is 0 Å². The van der Waals surface area contributed by atoms with E-state index in [4.69, 9.17) is 9.47 Å². The van der Waals surface area contributed by atoms with Crippen molar-refractivity contribution >= 4 is 0 Å². The van der Waals surface area contributed by atoms with Crippen LogP contribution in [0.5, 0.6) is 0 Å². The summed E-state index contributed by atoms with van der Waals surface area (Å²) in [5, 5.41) is 11.5. The molecule has 0 aromatic heterocycles. The lowest BCUT2D eigenvalue weighted by Crippen LogP contribution is -2.61.